The third kappa shape index (κ3) is 2.22. The number of fused-ring (bicyclic) bond motifs is 1. The number of aromatic amines is 1. The van der Waals surface area contributed by atoms with Crippen LogP contribution in [-0.2, 0) is 0 Å². The first-order chi connectivity index (χ1) is 11.6. The zero-order valence-corrected chi connectivity index (χ0v) is 13.1. The number of H-pyrrole nitrogens is 1. The van der Waals surface area contributed by atoms with Crippen LogP contribution < -0.4 is 15.2 Å². The van der Waals surface area contributed by atoms with Crippen molar-refractivity contribution < 1.29 is 14.3 Å². The van der Waals surface area contributed by atoms with Crippen molar-refractivity contribution in [3.05, 3.63) is 59.8 Å². The molecule has 5 nitrogen and oxygen atoms in total. The van der Waals surface area contributed by atoms with Crippen LogP contribution in [0.25, 0.3) is 22.4 Å². The number of amides is 1. The molecule has 0 fully saturated rings. The van der Waals surface area contributed by atoms with Gasteiger partial charge in [-0.15, -0.1) is 0 Å². The molecule has 0 spiro atoms. The van der Waals surface area contributed by atoms with Crippen LogP contribution in [-0.4, -0.2) is 17.7 Å². The van der Waals surface area contributed by atoms with E-state index in [2.05, 4.69) is 24.0 Å². The Labute approximate surface area is 139 Å². The van der Waals surface area contributed by atoms with Crippen LogP contribution in [0.4, 0.5) is 0 Å². The topological polar surface area (TPSA) is 77.3 Å². The quantitative estimate of drug-likeness (QED) is 0.775. The molecule has 3 aromatic rings. The molecule has 5 heteroatoms. The highest BCUT2D eigenvalue weighted by Crippen LogP contribution is 2.44. The predicted octanol–water partition coefficient (Wildman–Crippen LogP) is 3.48. The molecule has 120 valence electrons. The molecular formula is C19H16N2O3. The highest BCUT2D eigenvalue weighted by molar-refractivity contribution is 5.97. The lowest BCUT2D eigenvalue weighted by Gasteiger charge is -2.13. The molecule has 1 aromatic heterocycles. The van der Waals surface area contributed by atoms with Crippen molar-refractivity contribution in [3.8, 4) is 33.9 Å². The summed E-state index contributed by atoms with van der Waals surface area (Å²) in [5, 5.41) is 0. The minimum absolute atomic E-state index is 0.196. The van der Waals surface area contributed by atoms with Gasteiger partial charge in [0.05, 0.1) is 5.69 Å². The van der Waals surface area contributed by atoms with Crippen molar-refractivity contribution in [2.75, 3.05) is 6.79 Å². The van der Waals surface area contributed by atoms with E-state index >= 15 is 0 Å². The van der Waals surface area contributed by atoms with Gasteiger partial charge in [0.15, 0.2) is 11.5 Å². The molecule has 1 aliphatic heterocycles. The van der Waals surface area contributed by atoms with Gasteiger partial charge in [-0.3, -0.25) is 4.79 Å². The number of rotatable bonds is 3. The highest BCUT2D eigenvalue weighted by atomic mass is 16.7. The summed E-state index contributed by atoms with van der Waals surface area (Å²) in [5.74, 6) is 0.865. The first-order valence-electron chi connectivity index (χ1n) is 7.62. The molecule has 3 N–H and O–H groups in total. The van der Waals surface area contributed by atoms with Crippen LogP contribution >= 0.6 is 0 Å². The van der Waals surface area contributed by atoms with Gasteiger partial charge in [-0.05, 0) is 35.7 Å². The number of aromatic nitrogens is 1. The molecule has 1 amide bonds. The summed E-state index contributed by atoms with van der Waals surface area (Å²) in [7, 11) is 0. The Kier molecular flexibility index (Phi) is 3.27. The summed E-state index contributed by atoms with van der Waals surface area (Å²) >= 11 is 0. The van der Waals surface area contributed by atoms with Crippen molar-refractivity contribution in [2.45, 2.75) is 6.92 Å². The zero-order valence-electron chi connectivity index (χ0n) is 13.1. The number of carbonyl (C=O) groups excluding carboxylic acids is 1. The lowest BCUT2D eigenvalue weighted by Crippen LogP contribution is -2.11. The van der Waals surface area contributed by atoms with Crippen LogP contribution in [0.1, 0.15) is 15.9 Å². The van der Waals surface area contributed by atoms with E-state index in [1.165, 1.54) is 0 Å². The van der Waals surface area contributed by atoms with Gasteiger partial charge < -0.3 is 20.2 Å². The fraction of sp³-hybridized carbons (Fsp3) is 0.105. The smallest absolute Gasteiger partial charge is 0.248 e. The lowest BCUT2D eigenvalue weighted by atomic mass is 9.92. The van der Waals surface area contributed by atoms with Gasteiger partial charge in [-0.1, -0.05) is 30.3 Å². The molecule has 4 rings (SSSR count). The third-order valence-corrected chi connectivity index (χ3v) is 4.22. The SMILES string of the molecule is Cc1ccccc1-c1ccc(C(N)=O)cc1-c1[nH]cc2c1OCO2. The monoisotopic (exact) mass is 320 g/mol. The second-order valence-corrected chi connectivity index (χ2v) is 5.70. The van der Waals surface area contributed by atoms with Gasteiger partial charge in [0, 0.05) is 17.3 Å². The molecule has 0 radical (unpaired) electrons. The number of nitrogens with one attached hydrogen (secondary N) is 1. The second kappa shape index (κ2) is 5.45. The zero-order chi connectivity index (χ0) is 16.7. The summed E-state index contributed by atoms with van der Waals surface area (Å²) in [6.07, 6.45) is 1.76. The number of carbonyl (C=O) groups is 1. The van der Waals surface area contributed by atoms with E-state index in [0.717, 1.165) is 27.9 Å². The summed E-state index contributed by atoms with van der Waals surface area (Å²) in [6, 6.07) is 13.6. The van der Waals surface area contributed by atoms with E-state index in [1.54, 1.807) is 18.3 Å². The van der Waals surface area contributed by atoms with Gasteiger partial charge in [0.2, 0.25) is 12.7 Å². The first-order valence-corrected chi connectivity index (χ1v) is 7.62. The van der Waals surface area contributed by atoms with Crippen LogP contribution in [0.3, 0.4) is 0 Å². The largest absolute Gasteiger partial charge is 0.452 e. The van der Waals surface area contributed by atoms with Crippen LogP contribution in [0.2, 0.25) is 0 Å². The molecule has 0 atom stereocenters. The lowest BCUT2D eigenvalue weighted by molar-refractivity contribution is 0.100. The van der Waals surface area contributed by atoms with Crippen LogP contribution in [0, 0.1) is 6.92 Å². The average Bonchev–Trinajstić information content (AvgIpc) is 3.18. The summed E-state index contributed by atoms with van der Waals surface area (Å²) < 4.78 is 11.0. The molecule has 1 aliphatic rings. The van der Waals surface area contributed by atoms with Gasteiger partial charge in [-0.25, -0.2) is 0 Å². The maximum atomic E-state index is 11.6. The molecule has 0 saturated heterocycles. The molecule has 0 bridgehead atoms. The average molecular weight is 320 g/mol. The Bertz CT molecular complexity index is 944. The van der Waals surface area contributed by atoms with Crippen molar-refractivity contribution in [3.63, 3.8) is 0 Å². The fourth-order valence-electron chi connectivity index (χ4n) is 3.01. The predicted molar refractivity (Wildman–Crippen MR) is 91.0 cm³/mol. The van der Waals surface area contributed by atoms with E-state index in [9.17, 15) is 4.79 Å². The maximum Gasteiger partial charge on any atom is 0.248 e. The molecule has 2 heterocycles. The molecule has 2 aromatic carbocycles. The Balaban J connectivity index is 1.97. The van der Waals surface area contributed by atoms with Crippen LogP contribution in [0.5, 0.6) is 11.5 Å². The van der Waals surface area contributed by atoms with E-state index in [0.29, 0.717) is 17.1 Å². The van der Waals surface area contributed by atoms with Crippen molar-refractivity contribution in [1.29, 1.82) is 0 Å². The summed E-state index contributed by atoms with van der Waals surface area (Å²) in [5.41, 5.74) is 10.8. The molecule has 0 unspecified atom stereocenters. The Morgan fingerprint density at radius 1 is 1.08 bits per heavy atom. The minimum atomic E-state index is -0.465. The minimum Gasteiger partial charge on any atom is -0.452 e. The number of nitrogens with two attached hydrogens (primary N) is 1. The van der Waals surface area contributed by atoms with E-state index in [1.807, 2.05) is 18.2 Å². The molecule has 24 heavy (non-hydrogen) atoms. The molecular weight excluding hydrogens is 304 g/mol. The van der Waals surface area contributed by atoms with E-state index in [-0.39, 0.29) is 6.79 Å². The van der Waals surface area contributed by atoms with Crippen LogP contribution in [0.15, 0.2) is 48.7 Å². The third-order valence-electron chi connectivity index (χ3n) is 4.22. The summed E-state index contributed by atoms with van der Waals surface area (Å²) in [4.78, 5) is 14.8. The van der Waals surface area contributed by atoms with E-state index in [4.69, 9.17) is 15.2 Å². The van der Waals surface area contributed by atoms with E-state index < -0.39 is 5.91 Å². The van der Waals surface area contributed by atoms with Gasteiger partial charge in [0.1, 0.15) is 0 Å². The number of ether oxygens (including phenoxy) is 2. The van der Waals surface area contributed by atoms with Crippen molar-refractivity contribution in [2.24, 2.45) is 5.73 Å². The van der Waals surface area contributed by atoms with Crippen molar-refractivity contribution >= 4 is 5.91 Å². The normalized spacial score (nSPS) is 12.4. The number of benzene rings is 2. The van der Waals surface area contributed by atoms with Gasteiger partial charge in [0.25, 0.3) is 0 Å². The Morgan fingerprint density at radius 2 is 1.92 bits per heavy atom. The fourth-order valence-corrected chi connectivity index (χ4v) is 3.01. The number of hydrogen-bond donors (Lipinski definition) is 2. The van der Waals surface area contributed by atoms with Gasteiger partial charge in [-0.2, -0.15) is 0 Å². The molecule has 0 saturated carbocycles. The number of primary amides is 1. The maximum absolute atomic E-state index is 11.6. The first kappa shape index (κ1) is 14.4. The standard InChI is InChI=1S/C19H16N2O3/c1-11-4-2-3-5-13(11)14-7-6-12(19(20)22)8-15(14)17-18-16(9-21-17)23-10-24-18/h2-9,21H,10H2,1H3,(H2,20,22). The number of hydrogen-bond acceptors (Lipinski definition) is 3. The highest BCUT2D eigenvalue weighted by Gasteiger charge is 2.24. The van der Waals surface area contributed by atoms with Gasteiger partial charge >= 0.3 is 0 Å². The van der Waals surface area contributed by atoms with Crippen molar-refractivity contribution in [1.82, 2.24) is 4.98 Å². The molecule has 0 aliphatic carbocycles. The summed E-state index contributed by atoms with van der Waals surface area (Å²) in [6.45, 7) is 2.25. The number of aryl methyl sites for hydroxylation is 1. The Hall–Kier alpha value is -3.21. The Morgan fingerprint density at radius 3 is 2.71 bits per heavy atom. The second-order valence-electron chi connectivity index (χ2n) is 5.70.